The summed E-state index contributed by atoms with van der Waals surface area (Å²) < 4.78 is 0. The Bertz CT molecular complexity index is 805. The van der Waals surface area contributed by atoms with Crippen LogP contribution in [-0.4, -0.2) is 29.9 Å². The van der Waals surface area contributed by atoms with E-state index in [0.29, 0.717) is 0 Å². The zero-order valence-electron chi connectivity index (χ0n) is 14.6. The van der Waals surface area contributed by atoms with Gasteiger partial charge in [0.2, 0.25) is 11.8 Å². The average Bonchev–Trinajstić information content (AvgIpc) is 3.06. The van der Waals surface area contributed by atoms with Gasteiger partial charge in [0.15, 0.2) is 0 Å². The Morgan fingerprint density at radius 3 is 2.54 bits per heavy atom. The van der Waals surface area contributed by atoms with Crippen LogP contribution < -0.4 is 16.0 Å². The van der Waals surface area contributed by atoms with Gasteiger partial charge in [-0.2, -0.15) is 0 Å². The van der Waals surface area contributed by atoms with Crippen molar-refractivity contribution in [1.82, 2.24) is 4.98 Å². The Balaban J connectivity index is 1.53. The highest BCUT2D eigenvalue weighted by molar-refractivity contribution is 7.09. The molecule has 0 saturated carbocycles. The van der Waals surface area contributed by atoms with Crippen LogP contribution in [0.1, 0.15) is 23.5 Å². The number of hydrogen-bond donors (Lipinski definition) is 2. The number of amides is 2. The van der Waals surface area contributed by atoms with Crippen molar-refractivity contribution in [3.8, 4) is 0 Å². The Kier molecular flexibility index (Phi) is 5.68. The molecule has 1 fully saturated rings. The number of carbonyl (C=O) groups excluding carboxylic acids is 2. The number of aryl methyl sites for hydroxylation is 1. The zero-order valence-corrected chi connectivity index (χ0v) is 15.5. The van der Waals surface area contributed by atoms with Crippen LogP contribution >= 0.6 is 11.3 Å². The summed E-state index contributed by atoms with van der Waals surface area (Å²) in [4.78, 5) is 29.8. The van der Waals surface area contributed by atoms with E-state index < -0.39 is 0 Å². The van der Waals surface area contributed by atoms with Crippen molar-refractivity contribution in [1.29, 1.82) is 0 Å². The molecule has 26 heavy (non-hydrogen) atoms. The first-order valence-corrected chi connectivity index (χ1v) is 9.45. The largest absolute Gasteiger partial charge is 0.371 e. The third-order valence-electron chi connectivity index (χ3n) is 4.44. The highest BCUT2D eigenvalue weighted by Gasteiger charge is 2.23. The lowest BCUT2D eigenvalue weighted by Crippen LogP contribution is -2.38. The van der Waals surface area contributed by atoms with Crippen molar-refractivity contribution in [3.05, 3.63) is 46.4 Å². The molecule has 1 aliphatic heterocycles. The minimum atomic E-state index is -0.205. The molecule has 2 aromatic rings. The number of hydrogen-bond acceptors (Lipinski definition) is 5. The summed E-state index contributed by atoms with van der Waals surface area (Å²) in [5.41, 5.74) is 7.99. The number of piperidine rings is 1. The maximum Gasteiger partial charge on any atom is 0.248 e. The molecule has 1 aromatic heterocycles. The summed E-state index contributed by atoms with van der Waals surface area (Å²) in [6.45, 7) is 3.56. The van der Waals surface area contributed by atoms with Crippen LogP contribution in [0.15, 0.2) is 35.7 Å². The van der Waals surface area contributed by atoms with Gasteiger partial charge in [0, 0.05) is 41.8 Å². The molecular formula is C19H22N4O2S. The van der Waals surface area contributed by atoms with Crippen LogP contribution in [0.4, 0.5) is 11.4 Å². The Morgan fingerprint density at radius 1 is 1.27 bits per heavy atom. The lowest BCUT2D eigenvalue weighted by molar-refractivity contribution is -0.122. The van der Waals surface area contributed by atoms with Gasteiger partial charge in [0.1, 0.15) is 0 Å². The molecule has 136 valence electrons. The zero-order chi connectivity index (χ0) is 18.5. The number of benzene rings is 1. The first-order chi connectivity index (χ1) is 12.5. The molecule has 3 rings (SSSR count). The molecule has 0 unspecified atom stereocenters. The van der Waals surface area contributed by atoms with Crippen LogP contribution in [0, 0.1) is 12.8 Å². The number of primary amides is 1. The van der Waals surface area contributed by atoms with Crippen LogP contribution in [0.3, 0.4) is 0 Å². The molecule has 0 bridgehead atoms. The molecule has 3 N–H and O–H groups in total. The number of rotatable bonds is 5. The number of carbonyl (C=O) groups is 2. The van der Waals surface area contributed by atoms with Crippen LogP contribution in [0.5, 0.6) is 0 Å². The lowest BCUT2D eigenvalue weighted by Gasteiger charge is -2.32. The van der Waals surface area contributed by atoms with E-state index in [1.165, 1.54) is 6.08 Å². The van der Waals surface area contributed by atoms with E-state index >= 15 is 0 Å². The van der Waals surface area contributed by atoms with Gasteiger partial charge >= 0.3 is 0 Å². The standard InChI is InChI=1S/C19H22N4O2S/c1-13-21-16(12-26-13)4-7-18(24)22-15-2-5-17(6-3-15)23-10-8-14(9-11-23)19(20)25/h2-7,12,14H,8-11H2,1H3,(H2,20,25)(H,22,24)/b7-4+. The molecule has 0 radical (unpaired) electrons. The molecule has 0 atom stereocenters. The number of nitrogens with one attached hydrogen (secondary N) is 1. The number of anilines is 2. The summed E-state index contributed by atoms with van der Waals surface area (Å²) >= 11 is 1.55. The maximum atomic E-state index is 12.0. The Labute approximate surface area is 156 Å². The molecular weight excluding hydrogens is 348 g/mol. The molecule has 2 heterocycles. The lowest BCUT2D eigenvalue weighted by atomic mass is 9.96. The van der Waals surface area contributed by atoms with Gasteiger partial charge in [-0.15, -0.1) is 11.3 Å². The summed E-state index contributed by atoms with van der Waals surface area (Å²) in [6.07, 6.45) is 4.76. The fourth-order valence-corrected chi connectivity index (χ4v) is 3.56. The predicted molar refractivity (Wildman–Crippen MR) is 105 cm³/mol. The Hall–Kier alpha value is -2.67. The number of nitrogens with two attached hydrogens (primary N) is 1. The SMILES string of the molecule is Cc1nc(/C=C/C(=O)Nc2ccc(N3CCC(C(N)=O)CC3)cc2)cs1. The monoisotopic (exact) mass is 370 g/mol. The van der Waals surface area contributed by atoms with Gasteiger partial charge in [-0.05, 0) is 50.1 Å². The van der Waals surface area contributed by atoms with Crippen molar-refractivity contribution in [2.45, 2.75) is 19.8 Å². The average molecular weight is 370 g/mol. The van der Waals surface area contributed by atoms with Crippen LogP contribution in [0.25, 0.3) is 6.08 Å². The second-order valence-electron chi connectivity index (χ2n) is 6.32. The normalized spacial score (nSPS) is 15.3. The second-order valence-corrected chi connectivity index (χ2v) is 7.39. The molecule has 0 spiro atoms. The highest BCUT2D eigenvalue weighted by atomic mass is 32.1. The minimum absolute atomic E-state index is 0.0156. The molecule has 7 heteroatoms. The summed E-state index contributed by atoms with van der Waals surface area (Å²) in [7, 11) is 0. The second kappa shape index (κ2) is 8.14. The highest BCUT2D eigenvalue weighted by Crippen LogP contribution is 2.24. The number of nitrogens with zero attached hydrogens (tertiary/aromatic N) is 2. The van der Waals surface area contributed by atoms with Crippen molar-refractivity contribution in [2.24, 2.45) is 11.7 Å². The summed E-state index contributed by atoms with van der Waals surface area (Å²) in [5, 5.41) is 5.73. The maximum absolute atomic E-state index is 12.0. The van der Waals surface area contributed by atoms with Gasteiger partial charge in [0.25, 0.3) is 0 Å². The molecule has 1 aromatic carbocycles. The molecule has 0 aliphatic carbocycles. The fourth-order valence-electron chi connectivity index (χ4n) is 2.98. The van der Waals surface area contributed by atoms with Crippen LogP contribution in [-0.2, 0) is 9.59 Å². The smallest absolute Gasteiger partial charge is 0.248 e. The topological polar surface area (TPSA) is 88.3 Å². The van der Waals surface area contributed by atoms with Gasteiger partial charge in [-0.25, -0.2) is 4.98 Å². The van der Waals surface area contributed by atoms with Gasteiger partial charge in [-0.1, -0.05) is 0 Å². The molecule has 2 amide bonds. The van der Waals surface area contributed by atoms with Crippen molar-refractivity contribution >= 4 is 40.6 Å². The van der Waals surface area contributed by atoms with Gasteiger partial charge in [0.05, 0.1) is 10.7 Å². The molecule has 1 saturated heterocycles. The first kappa shape index (κ1) is 18.1. The van der Waals surface area contributed by atoms with E-state index in [-0.39, 0.29) is 17.7 Å². The fraction of sp³-hybridized carbons (Fsp3) is 0.316. The van der Waals surface area contributed by atoms with Crippen LogP contribution in [0.2, 0.25) is 0 Å². The molecule has 6 nitrogen and oxygen atoms in total. The van der Waals surface area contributed by atoms with Gasteiger partial charge < -0.3 is 16.0 Å². The van der Waals surface area contributed by atoms with E-state index in [1.54, 1.807) is 17.4 Å². The van der Waals surface area contributed by atoms with E-state index in [1.807, 2.05) is 36.6 Å². The molecule has 1 aliphatic rings. The minimum Gasteiger partial charge on any atom is -0.371 e. The quantitative estimate of drug-likeness (QED) is 0.792. The van der Waals surface area contributed by atoms with Crippen molar-refractivity contribution in [2.75, 3.05) is 23.3 Å². The predicted octanol–water partition coefficient (Wildman–Crippen LogP) is 2.81. The third-order valence-corrected chi connectivity index (χ3v) is 5.23. The Morgan fingerprint density at radius 2 is 1.96 bits per heavy atom. The number of aromatic nitrogens is 1. The van der Waals surface area contributed by atoms with E-state index in [4.69, 9.17) is 5.73 Å². The number of thiazole rings is 1. The third kappa shape index (κ3) is 4.70. The first-order valence-electron chi connectivity index (χ1n) is 8.57. The summed E-state index contributed by atoms with van der Waals surface area (Å²) in [6, 6.07) is 7.73. The van der Waals surface area contributed by atoms with E-state index in [9.17, 15) is 9.59 Å². The van der Waals surface area contributed by atoms with Gasteiger partial charge in [-0.3, -0.25) is 9.59 Å². The van der Waals surface area contributed by atoms with E-state index in [0.717, 1.165) is 48.0 Å². The van der Waals surface area contributed by atoms with Crippen molar-refractivity contribution in [3.63, 3.8) is 0 Å². The van der Waals surface area contributed by atoms with Crippen molar-refractivity contribution < 1.29 is 9.59 Å². The van der Waals surface area contributed by atoms with E-state index in [2.05, 4.69) is 15.2 Å². The summed E-state index contributed by atoms with van der Waals surface area (Å²) in [5.74, 6) is -0.410.